The first-order chi connectivity index (χ1) is 8.74. The Morgan fingerprint density at radius 3 is 3.00 bits per heavy atom. The van der Waals surface area contributed by atoms with E-state index >= 15 is 0 Å². The molecule has 0 spiro atoms. The standard InChI is InChI=1S/C15H18O2S/c16-15(17)9-13(10-3-4-10)12-6-5-11-2-1-7-18-14(11)8-12/h5-6,8,10,13H,1-4,7,9H2,(H,16,17). The minimum absolute atomic E-state index is 0.232. The third-order valence-electron chi connectivity index (χ3n) is 3.95. The number of hydrogen-bond acceptors (Lipinski definition) is 2. The lowest BCUT2D eigenvalue weighted by molar-refractivity contribution is -0.137. The van der Waals surface area contributed by atoms with Crippen LogP contribution in [0.2, 0.25) is 0 Å². The molecule has 2 nitrogen and oxygen atoms in total. The Kier molecular flexibility index (Phi) is 3.33. The summed E-state index contributed by atoms with van der Waals surface area (Å²) in [6.07, 6.45) is 5.12. The van der Waals surface area contributed by atoms with Gasteiger partial charge in [0.2, 0.25) is 0 Å². The number of carboxylic acids is 1. The molecule has 1 aromatic rings. The van der Waals surface area contributed by atoms with Gasteiger partial charge in [0.15, 0.2) is 0 Å². The maximum atomic E-state index is 11.0. The number of carboxylic acid groups (broad SMARTS) is 1. The molecule has 1 heterocycles. The van der Waals surface area contributed by atoms with Crippen molar-refractivity contribution in [3.63, 3.8) is 0 Å². The highest BCUT2D eigenvalue weighted by Gasteiger charge is 2.34. The number of rotatable bonds is 4. The SMILES string of the molecule is O=C(O)CC(c1ccc2c(c1)SCCC2)C1CC1. The van der Waals surface area contributed by atoms with Crippen molar-refractivity contribution in [2.24, 2.45) is 5.92 Å². The van der Waals surface area contributed by atoms with Gasteiger partial charge >= 0.3 is 5.97 Å². The van der Waals surface area contributed by atoms with Crippen molar-refractivity contribution in [3.8, 4) is 0 Å². The quantitative estimate of drug-likeness (QED) is 0.899. The van der Waals surface area contributed by atoms with Gasteiger partial charge in [0, 0.05) is 4.90 Å². The number of fused-ring (bicyclic) bond motifs is 1. The van der Waals surface area contributed by atoms with Crippen LogP contribution < -0.4 is 0 Å². The molecule has 1 aromatic carbocycles. The van der Waals surface area contributed by atoms with E-state index in [0.717, 1.165) is 0 Å². The smallest absolute Gasteiger partial charge is 0.303 e. The normalized spacial score (nSPS) is 20.2. The minimum atomic E-state index is -0.669. The van der Waals surface area contributed by atoms with Crippen molar-refractivity contribution in [2.75, 3.05) is 5.75 Å². The molecule has 0 saturated heterocycles. The van der Waals surface area contributed by atoms with E-state index in [4.69, 9.17) is 5.11 Å². The zero-order valence-electron chi connectivity index (χ0n) is 10.4. The van der Waals surface area contributed by atoms with Gasteiger partial charge in [-0.15, -0.1) is 11.8 Å². The van der Waals surface area contributed by atoms with Crippen molar-refractivity contribution in [1.82, 2.24) is 0 Å². The lowest BCUT2D eigenvalue weighted by Gasteiger charge is -2.20. The van der Waals surface area contributed by atoms with Crippen molar-refractivity contribution in [3.05, 3.63) is 29.3 Å². The van der Waals surface area contributed by atoms with Gasteiger partial charge in [-0.2, -0.15) is 0 Å². The molecule has 1 saturated carbocycles. The predicted molar refractivity (Wildman–Crippen MR) is 73.2 cm³/mol. The molecule has 3 rings (SSSR count). The molecular formula is C15H18O2S. The monoisotopic (exact) mass is 262 g/mol. The van der Waals surface area contributed by atoms with Crippen LogP contribution >= 0.6 is 11.8 Å². The van der Waals surface area contributed by atoms with E-state index in [9.17, 15) is 4.79 Å². The highest BCUT2D eigenvalue weighted by atomic mass is 32.2. The largest absolute Gasteiger partial charge is 0.481 e. The fourth-order valence-corrected chi connectivity index (χ4v) is 3.91. The first kappa shape index (κ1) is 12.1. The van der Waals surface area contributed by atoms with E-state index in [0.29, 0.717) is 5.92 Å². The van der Waals surface area contributed by atoms with E-state index in [1.807, 2.05) is 11.8 Å². The van der Waals surface area contributed by atoms with E-state index in [2.05, 4.69) is 18.2 Å². The number of carbonyl (C=O) groups is 1. The molecule has 0 radical (unpaired) electrons. The van der Waals surface area contributed by atoms with Gasteiger partial charge in [0.25, 0.3) is 0 Å². The molecule has 18 heavy (non-hydrogen) atoms. The summed E-state index contributed by atoms with van der Waals surface area (Å²) >= 11 is 1.92. The van der Waals surface area contributed by atoms with Crippen LogP contribution in [0.1, 0.15) is 42.7 Å². The molecule has 96 valence electrons. The summed E-state index contributed by atoms with van der Waals surface area (Å²) in [6.45, 7) is 0. The second kappa shape index (κ2) is 4.96. The van der Waals surface area contributed by atoms with Crippen LogP contribution in [-0.2, 0) is 11.2 Å². The lowest BCUT2D eigenvalue weighted by atomic mass is 9.90. The summed E-state index contributed by atoms with van der Waals surface area (Å²) in [5.74, 6) is 1.36. The molecule has 1 N–H and O–H groups in total. The van der Waals surface area contributed by atoms with Crippen LogP contribution in [-0.4, -0.2) is 16.8 Å². The van der Waals surface area contributed by atoms with Gasteiger partial charge in [0.05, 0.1) is 6.42 Å². The van der Waals surface area contributed by atoms with Gasteiger partial charge < -0.3 is 5.11 Å². The number of aliphatic carboxylic acids is 1. The third-order valence-corrected chi connectivity index (χ3v) is 5.14. The van der Waals surface area contributed by atoms with E-state index in [-0.39, 0.29) is 12.3 Å². The summed E-state index contributed by atoms with van der Waals surface area (Å²) in [5.41, 5.74) is 2.69. The Hall–Kier alpha value is -0.960. The molecule has 2 aliphatic rings. The lowest BCUT2D eigenvalue weighted by Crippen LogP contribution is -2.09. The van der Waals surface area contributed by atoms with Gasteiger partial charge in [-0.25, -0.2) is 0 Å². The second-order valence-electron chi connectivity index (χ2n) is 5.36. The predicted octanol–water partition coefficient (Wildman–Crippen LogP) is 3.69. The fourth-order valence-electron chi connectivity index (χ4n) is 2.83. The van der Waals surface area contributed by atoms with Crippen molar-refractivity contribution >= 4 is 17.7 Å². The van der Waals surface area contributed by atoms with E-state index in [1.54, 1.807) is 0 Å². The third kappa shape index (κ3) is 2.56. The number of aryl methyl sites for hydroxylation is 1. The Labute approximate surface area is 112 Å². The topological polar surface area (TPSA) is 37.3 Å². The van der Waals surface area contributed by atoms with Gasteiger partial charge in [-0.05, 0) is 60.5 Å². The van der Waals surface area contributed by atoms with Crippen molar-refractivity contribution in [1.29, 1.82) is 0 Å². The molecule has 1 aliphatic carbocycles. The molecule has 1 unspecified atom stereocenters. The summed E-state index contributed by atoms with van der Waals surface area (Å²) in [5, 5.41) is 9.06. The Balaban J connectivity index is 1.87. The highest BCUT2D eigenvalue weighted by molar-refractivity contribution is 7.99. The first-order valence-electron chi connectivity index (χ1n) is 6.71. The number of hydrogen-bond donors (Lipinski definition) is 1. The summed E-state index contributed by atoms with van der Waals surface area (Å²) in [6, 6.07) is 6.63. The van der Waals surface area contributed by atoms with E-state index in [1.165, 1.54) is 47.5 Å². The Bertz CT molecular complexity index is 466. The Morgan fingerprint density at radius 1 is 1.44 bits per heavy atom. The van der Waals surface area contributed by atoms with Crippen LogP contribution in [0.5, 0.6) is 0 Å². The maximum absolute atomic E-state index is 11.0. The van der Waals surface area contributed by atoms with Crippen LogP contribution in [0.25, 0.3) is 0 Å². The molecule has 1 atom stereocenters. The summed E-state index contributed by atoms with van der Waals surface area (Å²) in [4.78, 5) is 12.4. The van der Waals surface area contributed by atoms with Crippen LogP contribution in [0.3, 0.4) is 0 Å². The fraction of sp³-hybridized carbons (Fsp3) is 0.533. The van der Waals surface area contributed by atoms with Crippen molar-refractivity contribution in [2.45, 2.75) is 42.9 Å². The Morgan fingerprint density at radius 2 is 2.28 bits per heavy atom. The zero-order valence-corrected chi connectivity index (χ0v) is 11.2. The van der Waals surface area contributed by atoms with Gasteiger partial charge in [-0.3, -0.25) is 4.79 Å². The highest BCUT2D eigenvalue weighted by Crippen LogP contribution is 2.45. The molecule has 1 aliphatic heterocycles. The second-order valence-corrected chi connectivity index (χ2v) is 6.50. The van der Waals surface area contributed by atoms with Crippen LogP contribution in [0, 0.1) is 5.92 Å². The van der Waals surface area contributed by atoms with Crippen molar-refractivity contribution < 1.29 is 9.90 Å². The van der Waals surface area contributed by atoms with E-state index < -0.39 is 5.97 Å². The maximum Gasteiger partial charge on any atom is 0.303 e. The molecule has 1 fully saturated rings. The van der Waals surface area contributed by atoms with Crippen LogP contribution in [0.15, 0.2) is 23.1 Å². The zero-order chi connectivity index (χ0) is 12.5. The molecular weight excluding hydrogens is 244 g/mol. The van der Waals surface area contributed by atoms with Gasteiger partial charge in [-0.1, -0.05) is 12.1 Å². The number of benzene rings is 1. The van der Waals surface area contributed by atoms with Crippen LogP contribution in [0.4, 0.5) is 0 Å². The summed E-state index contributed by atoms with van der Waals surface area (Å²) in [7, 11) is 0. The molecule has 0 bridgehead atoms. The average molecular weight is 262 g/mol. The first-order valence-corrected chi connectivity index (χ1v) is 7.70. The molecule has 0 amide bonds. The average Bonchev–Trinajstić information content (AvgIpc) is 3.19. The molecule has 3 heteroatoms. The minimum Gasteiger partial charge on any atom is -0.481 e. The summed E-state index contributed by atoms with van der Waals surface area (Å²) < 4.78 is 0. The molecule has 0 aromatic heterocycles. The van der Waals surface area contributed by atoms with Gasteiger partial charge in [0.1, 0.15) is 0 Å². The number of thioether (sulfide) groups is 1.